The van der Waals surface area contributed by atoms with Crippen molar-refractivity contribution in [1.29, 1.82) is 0 Å². The lowest BCUT2D eigenvalue weighted by Crippen LogP contribution is -2.28. The van der Waals surface area contributed by atoms with Crippen LogP contribution in [-0.2, 0) is 27.2 Å². The molecule has 1 aromatic carbocycles. The fraction of sp³-hybridized carbons (Fsp3) is 0.704. The predicted molar refractivity (Wildman–Crippen MR) is 128 cm³/mol. The molecule has 0 spiro atoms. The van der Waals surface area contributed by atoms with Gasteiger partial charge < -0.3 is 24.8 Å². The number of rotatable bonds is 13. The maximum Gasteiger partial charge on any atom is 0.344 e. The molecule has 7 nitrogen and oxygen atoms in total. The number of aliphatic hydroxyl groups is 2. The van der Waals surface area contributed by atoms with E-state index >= 15 is 0 Å². The van der Waals surface area contributed by atoms with Gasteiger partial charge in [-0.25, -0.2) is 4.79 Å². The third-order valence-electron chi connectivity index (χ3n) is 7.48. The van der Waals surface area contributed by atoms with E-state index in [-0.39, 0.29) is 37.3 Å². The molecular weight excluding hydrogens is 436 g/mol. The topological polar surface area (TPSA) is 113 Å². The van der Waals surface area contributed by atoms with Gasteiger partial charge in [0.25, 0.3) is 0 Å². The van der Waals surface area contributed by atoms with Crippen LogP contribution in [0.2, 0.25) is 0 Å². The summed E-state index contributed by atoms with van der Waals surface area (Å²) in [7, 11) is 0. The van der Waals surface area contributed by atoms with E-state index in [0.717, 1.165) is 50.5 Å². The Morgan fingerprint density at radius 2 is 1.97 bits per heavy atom. The molecule has 1 saturated carbocycles. The molecule has 2 unspecified atom stereocenters. The number of carbonyl (C=O) groups is 2. The zero-order valence-electron chi connectivity index (χ0n) is 20.4. The molecule has 1 aromatic rings. The molecule has 0 amide bonds. The monoisotopic (exact) mass is 476 g/mol. The molecule has 2 aliphatic carbocycles. The molecule has 7 heteroatoms. The molecule has 0 heterocycles. The summed E-state index contributed by atoms with van der Waals surface area (Å²) in [5.41, 5.74) is 2.33. The summed E-state index contributed by atoms with van der Waals surface area (Å²) < 4.78 is 11.2. The van der Waals surface area contributed by atoms with Gasteiger partial charge in [-0.15, -0.1) is 0 Å². The Morgan fingerprint density at radius 1 is 1.18 bits per heavy atom. The van der Waals surface area contributed by atoms with Crippen LogP contribution in [0.15, 0.2) is 18.2 Å². The minimum Gasteiger partial charge on any atom is -0.482 e. The van der Waals surface area contributed by atoms with Gasteiger partial charge in [-0.05, 0) is 93.2 Å². The third kappa shape index (κ3) is 7.19. The number of carboxylic acid groups (broad SMARTS) is 1. The summed E-state index contributed by atoms with van der Waals surface area (Å²) in [5, 5.41) is 29.6. The van der Waals surface area contributed by atoms with Crippen molar-refractivity contribution >= 4 is 11.9 Å². The summed E-state index contributed by atoms with van der Waals surface area (Å²) >= 11 is 0. The molecule has 34 heavy (non-hydrogen) atoms. The zero-order valence-corrected chi connectivity index (χ0v) is 20.4. The Bertz CT molecular complexity index is 823. The lowest BCUT2D eigenvalue weighted by Gasteiger charge is -2.32. The van der Waals surface area contributed by atoms with Crippen LogP contribution >= 0.6 is 0 Å². The second kappa shape index (κ2) is 12.5. The first-order chi connectivity index (χ1) is 16.3. The highest BCUT2D eigenvalue weighted by atomic mass is 16.6. The van der Waals surface area contributed by atoms with E-state index in [2.05, 4.69) is 13.0 Å². The van der Waals surface area contributed by atoms with E-state index in [9.17, 15) is 19.8 Å². The molecule has 1 fully saturated rings. The lowest BCUT2D eigenvalue weighted by molar-refractivity contribution is -0.150. The Morgan fingerprint density at radius 3 is 2.71 bits per heavy atom. The van der Waals surface area contributed by atoms with Gasteiger partial charge in [-0.3, -0.25) is 4.79 Å². The summed E-state index contributed by atoms with van der Waals surface area (Å²) in [6.45, 7) is 3.64. The van der Waals surface area contributed by atoms with Crippen molar-refractivity contribution in [3.05, 3.63) is 29.3 Å². The first-order valence-corrected chi connectivity index (χ1v) is 12.8. The fourth-order valence-corrected chi connectivity index (χ4v) is 5.80. The van der Waals surface area contributed by atoms with E-state index in [1.165, 1.54) is 5.56 Å². The van der Waals surface area contributed by atoms with Crippen molar-refractivity contribution < 1.29 is 34.4 Å². The quantitative estimate of drug-likeness (QED) is 0.370. The molecule has 2 aliphatic rings. The van der Waals surface area contributed by atoms with Gasteiger partial charge in [0.05, 0.1) is 18.3 Å². The van der Waals surface area contributed by atoms with Crippen molar-refractivity contribution in [2.24, 2.45) is 17.8 Å². The van der Waals surface area contributed by atoms with Crippen LogP contribution in [0.3, 0.4) is 0 Å². The minimum absolute atomic E-state index is 0.0611. The Kier molecular flexibility index (Phi) is 9.77. The molecule has 0 aromatic heterocycles. The van der Waals surface area contributed by atoms with E-state index < -0.39 is 11.9 Å². The third-order valence-corrected chi connectivity index (χ3v) is 7.48. The summed E-state index contributed by atoms with van der Waals surface area (Å²) in [5.74, 6) is 0.378. The number of fused-ring (bicyclic) bond motifs is 2. The van der Waals surface area contributed by atoms with Gasteiger partial charge >= 0.3 is 11.9 Å². The molecule has 0 aliphatic heterocycles. The summed E-state index contributed by atoms with van der Waals surface area (Å²) in [6.07, 6.45) is 5.89. The minimum atomic E-state index is -0.854. The SMILES string of the molecule is CCC[C@H](O)CC[C@@H]1C2Cc3cccc(OCC(=O)OC(C)CCCC(=O)O)c3C[C@H]2C[C@H]1O. The second-order valence-electron chi connectivity index (χ2n) is 10.1. The molecule has 0 radical (unpaired) electrons. The van der Waals surface area contributed by atoms with E-state index in [1.54, 1.807) is 6.92 Å². The van der Waals surface area contributed by atoms with Crippen molar-refractivity contribution in [3.8, 4) is 5.75 Å². The zero-order chi connectivity index (χ0) is 24.7. The smallest absolute Gasteiger partial charge is 0.344 e. The van der Waals surface area contributed by atoms with Crippen LogP contribution in [0.25, 0.3) is 0 Å². The Labute approximate surface area is 202 Å². The van der Waals surface area contributed by atoms with Crippen LogP contribution in [-0.4, -0.2) is 52.2 Å². The number of ether oxygens (including phenoxy) is 2. The molecule has 3 N–H and O–H groups in total. The van der Waals surface area contributed by atoms with Gasteiger partial charge in [0, 0.05) is 6.42 Å². The number of benzene rings is 1. The summed E-state index contributed by atoms with van der Waals surface area (Å²) in [4.78, 5) is 22.8. The maximum absolute atomic E-state index is 12.2. The Hall–Kier alpha value is -2.12. The van der Waals surface area contributed by atoms with Gasteiger partial charge in [-0.1, -0.05) is 25.5 Å². The lowest BCUT2D eigenvalue weighted by atomic mass is 9.73. The van der Waals surface area contributed by atoms with E-state index in [4.69, 9.17) is 14.6 Å². The molecule has 6 atom stereocenters. The number of hydrogen-bond donors (Lipinski definition) is 3. The van der Waals surface area contributed by atoms with Gasteiger partial charge in [-0.2, -0.15) is 0 Å². The van der Waals surface area contributed by atoms with Crippen molar-refractivity contribution in [2.45, 2.75) is 96.4 Å². The van der Waals surface area contributed by atoms with Gasteiger partial charge in [0.15, 0.2) is 6.61 Å². The van der Waals surface area contributed by atoms with Crippen LogP contribution in [0, 0.1) is 17.8 Å². The number of aliphatic carboxylic acids is 1. The molecule has 0 bridgehead atoms. The summed E-state index contributed by atoms with van der Waals surface area (Å²) in [6, 6.07) is 5.93. The second-order valence-corrected chi connectivity index (χ2v) is 10.1. The highest BCUT2D eigenvalue weighted by Crippen LogP contribution is 2.48. The van der Waals surface area contributed by atoms with E-state index in [0.29, 0.717) is 30.4 Å². The largest absolute Gasteiger partial charge is 0.482 e. The number of hydrogen-bond acceptors (Lipinski definition) is 6. The van der Waals surface area contributed by atoms with Crippen molar-refractivity contribution in [1.82, 2.24) is 0 Å². The van der Waals surface area contributed by atoms with Crippen LogP contribution in [0.4, 0.5) is 0 Å². The van der Waals surface area contributed by atoms with E-state index in [1.807, 2.05) is 12.1 Å². The van der Waals surface area contributed by atoms with Gasteiger partial charge in [0.1, 0.15) is 5.75 Å². The van der Waals surface area contributed by atoms with Crippen molar-refractivity contribution in [2.75, 3.05) is 6.61 Å². The number of esters is 1. The predicted octanol–water partition coefficient (Wildman–Crippen LogP) is 3.91. The number of aliphatic hydroxyl groups excluding tert-OH is 2. The number of carboxylic acids is 1. The molecule has 190 valence electrons. The molecule has 3 rings (SSSR count). The molecule has 0 saturated heterocycles. The number of carbonyl (C=O) groups excluding carboxylic acids is 1. The fourth-order valence-electron chi connectivity index (χ4n) is 5.80. The molecular formula is C27H40O7. The van der Waals surface area contributed by atoms with Gasteiger partial charge in [0.2, 0.25) is 0 Å². The maximum atomic E-state index is 12.2. The Balaban J connectivity index is 1.55. The normalized spacial score (nSPS) is 25.2. The first kappa shape index (κ1) is 26.5. The standard InChI is InChI=1S/C27H40O7/c1-3-6-20(28)11-12-21-22-13-18-8-5-9-25(23(18)14-19(22)15-24(21)29)33-16-27(32)34-17(2)7-4-10-26(30)31/h5,8-9,17,19-22,24,28-29H,3-4,6-7,10-16H2,1-2H3,(H,30,31)/t17?,19-,20-,21+,22?,24+/m0/s1. The van der Waals surface area contributed by atoms with Crippen LogP contribution < -0.4 is 4.74 Å². The van der Waals surface area contributed by atoms with Crippen LogP contribution in [0.5, 0.6) is 5.75 Å². The first-order valence-electron chi connectivity index (χ1n) is 12.8. The average molecular weight is 477 g/mol. The average Bonchev–Trinajstić information content (AvgIpc) is 3.08. The highest BCUT2D eigenvalue weighted by Gasteiger charge is 2.44. The highest BCUT2D eigenvalue weighted by molar-refractivity contribution is 5.71. The van der Waals surface area contributed by atoms with Crippen molar-refractivity contribution in [3.63, 3.8) is 0 Å². The van der Waals surface area contributed by atoms with Crippen LogP contribution in [0.1, 0.15) is 76.3 Å².